The summed E-state index contributed by atoms with van der Waals surface area (Å²) in [4.78, 5) is 33.3. The van der Waals surface area contributed by atoms with Crippen LogP contribution in [0.5, 0.6) is 0 Å². The summed E-state index contributed by atoms with van der Waals surface area (Å²) in [5.41, 5.74) is 8.79. The number of anilines is 1. The van der Waals surface area contributed by atoms with Crippen molar-refractivity contribution in [3.05, 3.63) is 82.0 Å². The van der Waals surface area contributed by atoms with Crippen molar-refractivity contribution in [2.75, 3.05) is 5.73 Å². The summed E-state index contributed by atoms with van der Waals surface area (Å²) in [6.45, 7) is 4.34. The van der Waals surface area contributed by atoms with Crippen LogP contribution >= 0.6 is 0 Å². The number of hydrogen-bond acceptors (Lipinski definition) is 6. The molecule has 0 atom stereocenters. The van der Waals surface area contributed by atoms with Crippen LogP contribution in [0.4, 0.5) is 5.82 Å². The lowest BCUT2D eigenvalue weighted by Gasteiger charge is -2.13. The Hall–Kier alpha value is -3.92. The second kappa shape index (κ2) is 8.94. The van der Waals surface area contributed by atoms with Gasteiger partial charge in [0.2, 0.25) is 10.0 Å². The number of carbonyl (C=O) groups excluding carboxylic acids is 1. The van der Waals surface area contributed by atoms with Crippen molar-refractivity contribution < 1.29 is 13.2 Å². The van der Waals surface area contributed by atoms with Crippen molar-refractivity contribution in [1.82, 2.24) is 19.3 Å². The third-order valence-corrected chi connectivity index (χ3v) is 8.26. The normalized spacial score (nSPS) is 13.9. The lowest BCUT2D eigenvalue weighted by Crippen LogP contribution is -2.35. The number of benzene rings is 1. The third kappa shape index (κ3) is 4.39. The summed E-state index contributed by atoms with van der Waals surface area (Å²) in [7, 11) is -3.83. The smallest absolute Gasteiger partial charge is 0.282 e. The molecule has 4 N–H and O–H groups in total. The van der Waals surface area contributed by atoms with Crippen LogP contribution in [0, 0.1) is 0 Å². The molecule has 0 radical (unpaired) electrons. The summed E-state index contributed by atoms with van der Waals surface area (Å²) < 4.78 is 29.5. The van der Waals surface area contributed by atoms with Gasteiger partial charge in [0.1, 0.15) is 11.5 Å². The minimum absolute atomic E-state index is 0.0993. The molecule has 0 aliphatic heterocycles. The fourth-order valence-electron chi connectivity index (χ4n) is 4.44. The van der Waals surface area contributed by atoms with Gasteiger partial charge in [0.25, 0.3) is 11.5 Å². The van der Waals surface area contributed by atoms with E-state index in [0.29, 0.717) is 35.1 Å². The predicted octanol–water partition coefficient (Wildman–Crippen LogP) is 3.37. The standard InChI is InChI=1S/C26H27N5O4S/c1-15(2)17-5-8-21-20(13-17)23(19-4-3-10-29-25(19)32)24(26(33)30-36(34,35)18-6-7-18)31(21)14-16-9-11-28-22(27)12-16/h3-5,8-13,15,18H,6-7,14H2,1-2H3,(H2,27,28)(H,29,32)(H,30,33). The highest BCUT2D eigenvalue weighted by molar-refractivity contribution is 7.91. The SMILES string of the molecule is CC(C)c1ccc2c(c1)c(-c1ccc[nH]c1=O)c(C(=O)NS(=O)(=O)C1CC1)n2Cc1ccnc(N)c1. The molecule has 4 aromatic rings. The van der Waals surface area contributed by atoms with Crippen molar-refractivity contribution in [2.24, 2.45) is 0 Å². The fraction of sp³-hybridized carbons (Fsp3) is 0.269. The van der Waals surface area contributed by atoms with Crippen molar-refractivity contribution >= 4 is 32.7 Å². The molecule has 0 bridgehead atoms. The summed E-state index contributed by atoms with van der Waals surface area (Å²) >= 11 is 0. The van der Waals surface area contributed by atoms with Crippen molar-refractivity contribution in [3.63, 3.8) is 0 Å². The van der Waals surface area contributed by atoms with Gasteiger partial charge in [-0.05, 0) is 66.3 Å². The molecule has 1 saturated carbocycles. The summed E-state index contributed by atoms with van der Waals surface area (Å²) in [5, 5.41) is 0.115. The number of nitrogens with one attached hydrogen (secondary N) is 2. The Bertz CT molecular complexity index is 1650. The Labute approximate surface area is 208 Å². The zero-order valence-corrected chi connectivity index (χ0v) is 20.8. The first kappa shape index (κ1) is 23.8. The highest BCUT2D eigenvalue weighted by Crippen LogP contribution is 2.37. The molecule has 5 rings (SSSR count). The average molecular weight is 506 g/mol. The quantitative estimate of drug-likeness (QED) is 0.352. The van der Waals surface area contributed by atoms with Crippen LogP contribution < -0.4 is 16.0 Å². The first-order valence-corrected chi connectivity index (χ1v) is 13.3. The molecule has 3 aromatic heterocycles. The van der Waals surface area contributed by atoms with Crippen LogP contribution in [0.3, 0.4) is 0 Å². The minimum atomic E-state index is -3.83. The molecule has 3 heterocycles. The Kier molecular flexibility index (Phi) is 5.91. The Morgan fingerprint density at radius 2 is 2.00 bits per heavy atom. The molecule has 186 valence electrons. The predicted molar refractivity (Wildman–Crippen MR) is 139 cm³/mol. The molecule has 0 unspecified atom stereocenters. The first-order valence-electron chi connectivity index (χ1n) is 11.8. The van der Waals surface area contributed by atoms with Gasteiger partial charge in [-0.25, -0.2) is 18.1 Å². The van der Waals surface area contributed by atoms with E-state index in [1.165, 1.54) is 6.20 Å². The van der Waals surface area contributed by atoms with Crippen molar-refractivity contribution in [1.29, 1.82) is 0 Å². The number of nitrogens with two attached hydrogens (primary N) is 1. The molecule has 1 aromatic carbocycles. The van der Waals surface area contributed by atoms with Crippen LogP contribution in [0.1, 0.15) is 54.2 Å². The Balaban J connectivity index is 1.81. The summed E-state index contributed by atoms with van der Waals surface area (Å²) in [6, 6.07) is 12.6. The topological polar surface area (TPSA) is 140 Å². The molecule has 1 aliphatic rings. The van der Waals surface area contributed by atoms with Gasteiger partial charge in [0.05, 0.1) is 5.25 Å². The molecule has 36 heavy (non-hydrogen) atoms. The zero-order chi connectivity index (χ0) is 25.6. The number of fused-ring (bicyclic) bond motifs is 1. The highest BCUT2D eigenvalue weighted by Gasteiger charge is 2.38. The monoisotopic (exact) mass is 505 g/mol. The van der Waals surface area contributed by atoms with Gasteiger partial charge in [-0.2, -0.15) is 0 Å². The van der Waals surface area contributed by atoms with Gasteiger partial charge in [-0.1, -0.05) is 19.9 Å². The molecular formula is C26H27N5O4S. The van der Waals surface area contributed by atoms with Crippen LogP contribution in [0.15, 0.2) is 59.7 Å². The number of aromatic nitrogens is 3. The first-order chi connectivity index (χ1) is 17.2. The van der Waals surface area contributed by atoms with Gasteiger partial charge in [-0.15, -0.1) is 0 Å². The van der Waals surface area contributed by atoms with E-state index in [2.05, 4.69) is 28.5 Å². The molecule has 1 aliphatic carbocycles. The minimum Gasteiger partial charge on any atom is -0.384 e. The molecule has 10 heteroatoms. The largest absolute Gasteiger partial charge is 0.384 e. The molecule has 0 saturated heterocycles. The second-order valence-electron chi connectivity index (χ2n) is 9.42. The summed E-state index contributed by atoms with van der Waals surface area (Å²) in [6.07, 6.45) is 4.13. The lowest BCUT2D eigenvalue weighted by atomic mass is 9.97. The van der Waals surface area contributed by atoms with E-state index in [9.17, 15) is 18.0 Å². The third-order valence-electron chi connectivity index (χ3n) is 6.44. The van der Waals surface area contributed by atoms with E-state index < -0.39 is 21.2 Å². The number of H-pyrrole nitrogens is 1. The zero-order valence-electron chi connectivity index (χ0n) is 20.0. The van der Waals surface area contributed by atoms with Gasteiger partial charge in [0.15, 0.2) is 0 Å². The van der Waals surface area contributed by atoms with Gasteiger partial charge in [-0.3, -0.25) is 9.59 Å². The maximum absolute atomic E-state index is 13.7. The lowest BCUT2D eigenvalue weighted by molar-refractivity contribution is 0.0974. The van der Waals surface area contributed by atoms with E-state index in [1.807, 2.05) is 18.2 Å². The van der Waals surface area contributed by atoms with Crippen molar-refractivity contribution in [2.45, 2.75) is 44.4 Å². The number of rotatable bonds is 7. The number of nitrogens with zero attached hydrogens (tertiary/aromatic N) is 2. The maximum atomic E-state index is 13.7. The van der Waals surface area contributed by atoms with Crippen LogP contribution in [-0.4, -0.2) is 34.1 Å². The number of pyridine rings is 2. The molecular weight excluding hydrogens is 478 g/mol. The van der Waals surface area contributed by atoms with E-state index in [-0.39, 0.29) is 29.3 Å². The fourth-order valence-corrected chi connectivity index (χ4v) is 5.72. The van der Waals surface area contributed by atoms with Gasteiger partial charge < -0.3 is 15.3 Å². The number of sulfonamides is 1. The Morgan fingerprint density at radius 1 is 1.22 bits per heavy atom. The molecule has 1 fully saturated rings. The number of nitrogen functional groups attached to an aromatic ring is 1. The van der Waals surface area contributed by atoms with E-state index >= 15 is 0 Å². The van der Waals surface area contributed by atoms with Gasteiger partial charge >= 0.3 is 0 Å². The maximum Gasteiger partial charge on any atom is 0.282 e. The van der Waals surface area contributed by atoms with Crippen LogP contribution in [0.2, 0.25) is 0 Å². The number of hydrogen-bond donors (Lipinski definition) is 3. The highest BCUT2D eigenvalue weighted by atomic mass is 32.2. The van der Waals surface area contributed by atoms with Crippen LogP contribution in [0.25, 0.3) is 22.0 Å². The number of aromatic amines is 1. The second-order valence-corrected chi connectivity index (χ2v) is 11.4. The number of amides is 1. The van der Waals surface area contributed by atoms with E-state index in [1.54, 1.807) is 35.0 Å². The van der Waals surface area contributed by atoms with Gasteiger partial charge in [0, 0.05) is 41.0 Å². The number of carbonyl (C=O) groups is 1. The van der Waals surface area contributed by atoms with E-state index in [0.717, 1.165) is 11.1 Å². The summed E-state index contributed by atoms with van der Waals surface area (Å²) in [5.74, 6) is -0.246. The van der Waals surface area contributed by atoms with Crippen LogP contribution in [-0.2, 0) is 16.6 Å². The average Bonchev–Trinajstić information content (AvgIpc) is 3.64. The molecule has 1 amide bonds. The van der Waals surface area contributed by atoms with Crippen molar-refractivity contribution in [3.8, 4) is 11.1 Å². The molecule has 9 nitrogen and oxygen atoms in total. The van der Waals surface area contributed by atoms with E-state index in [4.69, 9.17) is 5.73 Å². The molecule has 0 spiro atoms. The Morgan fingerprint density at radius 3 is 2.67 bits per heavy atom.